The van der Waals surface area contributed by atoms with Crippen LogP contribution in [0.3, 0.4) is 0 Å². The molecule has 96 valence electrons. The van der Waals surface area contributed by atoms with Gasteiger partial charge in [-0.25, -0.2) is 0 Å². The van der Waals surface area contributed by atoms with Crippen LogP contribution in [0.5, 0.6) is 0 Å². The summed E-state index contributed by atoms with van der Waals surface area (Å²) in [5.41, 5.74) is 7.73. The number of fused-ring (bicyclic) bond motifs is 3. The first kappa shape index (κ1) is 11.6. The highest BCUT2D eigenvalue weighted by Crippen LogP contribution is 2.34. The average molecular weight is 267 g/mol. The summed E-state index contributed by atoms with van der Waals surface area (Å²) in [5.74, 6) is -0.109. The minimum absolute atomic E-state index is 0.0258. The van der Waals surface area contributed by atoms with E-state index in [1.165, 1.54) is 0 Å². The largest absolute Gasteiger partial charge is 0.398 e. The summed E-state index contributed by atoms with van der Waals surface area (Å²) >= 11 is 6.05. The molecule has 1 fully saturated rings. The number of anilines is 2. The van der Waals surface area contributed by atoms with Crippen molar-refractivity contribution >= 4 is 28.9 Å². The van der Waals surface area contributed by atoms with Crippen LogP contribution in [0.25, 0.3) is 0 Å². The van der Waals surface area contributed by atoms with Gasteiger partial charge < -0.3 is 21.3 Å². The van der Waals surface area contributed by atoms with Gasteiger partial charge in [-0.2, -0.15) is 0 Å². The van der Waals surface area contributed by atoms with Crippen molar-refractivity contribution in [3.63, 3.8) is 0 Å². The van der Waals surface area contributed by atoms with E-state index in [4.69, 9.17) is 17.3 Å². The van der Waals surface area contributed by atoms with Crippen LogP contribution in [0.4, 0.5) is 11.4 Å². The number of benzene rings is 1. The molecule has 1 atom stereocenters. The Morgan fingerprint density at radius 2 is 2.22 bits per heavy atom. The molecule has 0 radical (unpaired) electrons. The van der Waals surface area contributed by atoms with Crippen LogP contribution in [0.1, 0.15) is 16.8 Å². The SMILES string of the molecule is Nc1cc(Cl)cc2c1C(=O)N[C@H]1CCNCCN21. The van der Waals surface area contributed by atoms with Gasteiger partial charge in [0.2, 0.25) is 0 Å². The smallest absolute Gasteiger partial charge is 0.257 e. The van der Waals surface area contributed by atoms with Crippen molar-refractivity contribution in [3.05, 3.63) is 22.7 Å². The quantitative estimate of drug-likeness (QED) is 0.608. The number of halogens is 1. The van der Waals surface area contributed by atoms with Crippen LogP contribution in [-0.2, 0) is 0 Å². The van der Waals surface area contributed by atoms with Gasteiger partial charge in [-0.3, -0.25) is 4.79 Å². The van der Waals surface area contributed by atoms with E-state index in [1.54, 1.807) is 6.07 Å². The molecular weight excluding hydrogens is 252 g/mol. The van der Waals surface area contributed by atoms with Gasteiger partial charge in [-0.1, -0.05) is 11.6 Å². The molecular formula is C12H15ClN4O. The van der Waals surface area contributed by atoms with Crippen LogP contribution in [0.2, 0.25) is 5.02 Å². The second kappa shape index (κ2) is 4.33. The molecule has 1 aromatic carbocycles. The van der Waals surface area contributed by atoms with E-state index in [2.05, 4.69) is 15.5 Å². The van der Waals surface area contributed by atoms with E-state index in [-0.39, 0.29) is 12.1 Å². The summed E-state index contributed by atoms with van der Waals surface area (Å²) in [7, 11) is 0. The monoisotopic (exact) mass is 266 g/mol. The van der Waals surface area contributed by atoms with Crippen LogP contribution >= 0.6 is 11.6 Å². The zero-order valence-corrected chi connectivity index (χ0v) is 10.6. The van der Waals surface area contributed by atoms with Gasteiger partial charge in [0.15, 0.2) is 0 Å². The van der Waals surface area contributed by atoms with Crippen LogP contribution in [0.15, 0.2) is 12.1 Å². The molecule has 0 aromatic heterocycles. The number of carbonyl (C=O) groups is 1. The third-order valence-corrected chi connectivity index (χ3v) is 3.67. The Bertz CT molecular complexity index is 505. The molecule has 3 rings (SSSR count). The Morgan fingerprint density at radius 1 is 1.39 bits per heavy atom. The zero-order valence-electron chi connectivity index (χ0n) is 9.87. The number of nitrogens with two attached hydrogens (primary N) is 1. The maximum Gasteiger partial charge on any atom is 0.257 e. The predicted molar refractivity (Wildman–Crippen MR) is 72.0 cm³/mol. The lowest BCUT2D eigenvalue weighted by Gasteiger charge is -2.38. The molecule has 1 aromatic rings. The minimum atomic E-state index is -0.109. The zero-order chi connectivity index (χ0) is 12.7. The summed E-state index contributed by atoms with van der Waals surface area (Å²) in [6.07, 6.45) is 0.898. The fourth-order valence-corrected chi connectivity index (χ4v) is 2.84. The summed E-state index contributed by atoms with van der Waals surface area (Å²) in [6, 6.07) is 3.45. The second-order valence-electron chi connectivity index (χ2n) is 4.61. The van der Waals surface area contributed by atoms with E-state index in [0.29, 0.717) is 16.3 Å². The molecule has 5 nitrogen and oxygen atoms in total. The molecule has 2 aliphatic rings. The lowest BCUT2D eigenvalue weighted by molar-refractivity contribution is 0.0927. The first-order valence-electron chi connectivity index (χ1n) is 6.04. The summed E-state index contributed by atoms with van der Waals surface area (Å²) in [4.78, 5) is 14.3. The first-order valence-corrected chi connectivity index (χ1v) is 6.42. The summed E-state index contributed by atoms with van der Waals surface area (Å²) < 4.78 is 0. The normalized spacial score (nSPS) is 22.8. The molecule has 0 spiro atoms. The third-order valence-electron chi connectivity index (χ3n) is 3.45. The third kappa shape index (κ3) is 1.79. The summed E-state index contributed by atoms with van der Waals surface area (Å²) in [6.45, 7) is 2.61. The molecule has 18 heavy (non-hydrogen) atoms. The van der Waals surface area contributed by atoms with Gasteiger partial charge in [0, 0.05) is 23.8 Å². The maximum atomic E-state index is 12.1. The Morgan fingerprint density at radius 3 is 3.06 bits per heavy atom. The van der Waals surface area contributed by atoms with Gasteiger partial charge in [-0.05, 0) is 25.1 Å². The highest BCUT2D eigenvalue weighted by atomic mass is 35.5. The highest BCUT2D eigenvalue weighted by Gasteiger charge is 2.32. The van der Waals surface area contributed by atoms with Crippen molar-refractivity contribution in [1.29, 1.82) is 0 Å². The molecule has 0 bridgehead atoms. The number of nitrogens with one attached hydrogen (secondary N) is 2. The van der Waals surface area contributed by atoms with E-state index >= 15 is 0 Å². The van der Waals surface area contributed by atoms with Gasteiger partial charge in [-0.15, -0.1) is 0 Å². The molecule has 0 saturated carbocycles. The van der Waals surface area contributed by atoms with Gasteiger partial charge in [0.05, 0.1) is 11.3 Å². The Labute approximate surface area is 110 Å². The van der Waals surface area contributed by atoms with Crippen LogP contribution in [0, 0.1) is 0 Å². The lowest BCUT2D eigenvalue weighted by atomic mass is 10.0. The Kier molecular flexibility index (Phi) is 2.80. The molecule has 0 unspecified atom stereocenters. The second-order valence-corrected chi connectivity index (χ2v) is 5.05. The maximum absolute atomic E-state index is 12.1. The van der Waals surface area contributed by atoms with Crippen molar-refractivity contribution in [2.45, 2.75) is 12.6 Å². The van der Waals surface area contributed by atoms with Gasteiger partial charge >= 0.3 is 0 Å². The number of hydrogen-bond donors (Lipinski definition) is 3. The number of amides is 1. The molecule has 4 N–H and O–H groups in total. The van der Waals surface area contributed by atoms with E-state index in [9.17, 15) is 4.79 Å². The topological polar surface area (TPSA) is 70.4 Å². The van der Waals surface area contributed by atoms with E-state index in [1.807, 2.05) is 6.07 Å². The number of carbonyl (C=O) groups excluding carboxylic acids is 1. The highest BCUT2D eigenvalue weighted by molar-refractivity contribution is 6.31. The van der Waals surface area contributed by atoms with Crippen molar-refractivity contribution < 1.29 is 4.79 Å². The predicted octanol–water partition coefficient (Wildman–Crippen LogP) is 0.791. The molecule has 2 heterocycles. The fraction of sp³-hybridized carbons (Fsp3) is 0.417. The number of nitrogen functional groups attached to an aromatic ring is 1. The molecule has 0 aliphatic carbocycles. The summed E-state index contributed by atoms with van der Waals surface area (Å²) in [5, 5.41) is 6.89. The van der Waals surface area contributed by atoms with Crippen molar-refractivity contribution in [1.82, 2.24) is 10.6 Å². The van der Waals surface area contributed by atoms with E-state index < -0.39 is 0 Å². The first-order chi connectivity index (χ1) is 8.66. The Hall–Kier alpha value is -1.46. The van der Waals surface area contributed by atoms with Crippen molar-refractivity contribution in [3.8, 4) is 0 Å². The fourth-order valence-electron chi connectivity index (χ4n) is 2.62. The van der Waals surface area contributed by atoms with E-state index in [0.717, 1.165) is 31.7 Å². The van der Waals surface area contributed by atoms with Crippen molar-refractivity contribution in [2.24, 2.45) is 0 Å². The number of rotatable bonds is 0. The molecule has 2 aliphatic heterocycles. The molecule has 1 saturated heterocycles. The minimum Gasteiger partial charge on any atom is -0.398 e. The lowest BCUT2D eigenvalue weighted by Crippen LogP contribution is -2.53. The Balaban J connectivity index is 2.12. The van der Waals surface area contributed by atoms with Gasteiger partial charge in [0.1, 0.15) is 6.17 Å². The number of nitrogens with zero attached hydrogens (tertiary/aromatic N) is 1. The molecule has 1 amide bonds. The van der Waals surface area contributed by atoms with Crippen molar-refractivity contribution in [2.75, 3.05) is 30.3 Å². The average Bonchev–Trinajstić information content (AvgIpc) is 2.53. The van der Waals surface area contributed by atoms with Gasteiger partial charge in [0.25, 0.3) is 5.91 Å². The molecule has 6 heteroatoms. The van der Waals surface area contributed by atoms with Crippen LogP contribution < -0.4 is 21.3 Å². The van der Waals surface area contributed by atoms with Crippen LogP contribution in [-0.4, -0.2) is 31.7 Å². The standard InChI is InChI=1S/C12H15ClN4O/c13-7-5-8(14)11-9(6-7)17-4-3-15-2-1-10(17)16-12(11)18/h5-6,10,15H,1-4,14H2,(H,16,18)/t10-/m1/s1. The number of hydrogen-bond acceptors (Lipinski definition) is 4.